The molecule has 1 saturated heterocycles. The van der Waals surface area contributed by atoms with Gasteiger partial charge in [-0.05, 0) is 0 Å². The number of anilines is 1. The van der Waals surface area contributed by atoms with Gasteiger partial charge >= 0.3 is 0 Å². The second-order valence-electron chi connectivity index (χ2n) is 2.93. The van der Waals surface area contributed by atoms with E-state index in [0.717, 1.165) is 31.4 Å². The summed E-state index contributed by atoms with van der Waals surface area (Å²) in [6, 6.07) is 0. The quantitative estimate of drug-likeness (QED) is 0.722. The van der Waals surface area contributed by atoms with Crippen molar-refractivity contribution in [1.82, 2.24) is 4.98 Å². The van der Waals surface area contributed by atoms with Crippen LogP contribution in [0.15, 0.2) is 11.6 Å². The average molecular weight is 263 g/mol. The van der Waals surface area contributed by atoms with Crippen molar-refractivity contribution in [3.63, 3.8) is 0 Å². The van der Waals surface area contributed by atoms with Gasteiger partial charge in [-0.3, -0.25) is 0 Å². The Bertz CT molecular complexity index is 255. The summed E-state index contributed by atoms with van der Waals surface area (Å²) in [5.74, 6) is 0. The van der Waals surface area contributed by atoms with Crippen molar-refractivity contribution < 1.29 is 4.74 Å². The summed E-state index contributed by atoms with van der Waals surface area (Å²) in [5, 5.41) is 3.10. The maximum atomic E-state index is 5.42. The molecule has 0 radical (unpaired) electrons. The van der Waals surface area contributed by atoms with Gasteiger partial charge in [-0.1, -0.05) is 15.9 Å². The fourth-order valence-electron chi connectivity index (χ4n) is 1.31. The molecule has 0 spiro atoms. The largest absolute Gasteiger partial charge is 0.378 e. The molecule has 0 saturated carbocycles. The lowest BCUT2D eigenvalue weighted by molar-refractivity contribution is 0.156. The van der Waals surface area contributed by atoms with E-state index in [1.54, 1.807) is 11.3 Å². The minimum atomic E-state index is 0.416. The maximum Gasteiger partial charge on any atom is 0.185 e. The van der Waals surface area contributed by atoms with Crippen molar-refractivity contribution in [2.75, 3.05) is 31.2 Å². The van der Waals surface area contributed by atoms with E-state index in [4.69, 9.17) is 4.74 Å². The third-order valence-electron chi connectivity index (χ3n) is 1.91. The molecule has 1 unspecified atom stereocenters. The van der Waals surface area contributed by atoms with Crippen LogP contribution in [0, 0.1) is 0 Å². The summed E-state index contributed by atoms with van der Waals surface area (Å²) in [6.45, 7) is 3.51. The molecule has 1 atom stereocenters. The van der Waals surface area contributed by atoms with Crippen molar-refractivity contribution in [1.29, 1.82) is 0 Å². The molecule has 0 aromatic carbocycles. The van der Waals surface area contributed by atoms with Gasteiger partial charge in [0.25, 0.3) is 0 Å². The predicted octanol–water partition coefficient (Wildman–Crippen LogP) is 1.74. The molecule has 13 heavy (non-hydrogen) atoms. The zero-order valence-corrected chi connectivity index (χ0v) is 9.55. The molecule has 0 bridgehead atoms. The highest BCUT2D eigenvalue weighted by Crippen LogP contribution is 2.20. The van der Waals surface area contributed by atoms with Gasteiger partial charge < -0.3 is 9.64 Å². The molecule has 1 fully saturated rings. The number of rotatable bonds is 1. The molecule has 1 aromatic rings. The van der Waals surface area contributed by atoms with Crippen LogP contribution >= 0.6 is 27.3 Å². The molecule has 72 valence electrons. The Morgan fingerprint density at radius 2 is 2.62 bits per heavy atom. The van der Waals surface area contributed by atoms with Crippen molar-refractivity contribution in [2.24, 2.45) is 0 Å². The molecule has 2 heterocycles. The topological polar surface area (TPSA) is 25.4 Å². The number of halogens is 1. The predicted molar refractivity (Wildman–Crippen MR) is 57.9 cm³/mol. The van der Waals surface area contributed by atoms with E-state index >= 15 is 0 Å². The van der Waals surface area contributed by atoms with E-state index in [-0.39, 0.29) is 0 Å². The van der Waals surface area contributed by atoms with E-state index in [1.165, 1.54) is 0 Å². The summed E-state index contributed by atoms with van der Waals surface area (Å²) in [6.07, 6.45) is 1.84. The number of aromatic nitrogens is 1. The van der Waals surface area contributed by atoms with Crippen LogP contribution in [0.5, 0.6) is 0 Å². The maximum absolute atomic E-state index is 5.42. The average Bonchev–Trinajstić information content (AvgIpc) is 2.56. The first-order valence-electron chi connectivity index (χ1n) is 4.22. The van der Waals surface area contributed by atoms with Crippen molar-refractivity contribution >= 4 is 32.4 Å². The van der Waals surface area contributed by atoms with E-state index in [2.05, 4.69) is 25.8 Å². The Kier molecular flexibility index (Phi) is 3.18. The second-order valence-corrected chi connectivity index (χ2v) is 5.10. The van der Waals surface area contributed by atoms with Gasteiger partial charge in [-0.25, -0.2) is 4.98 Å². The molecule has 0 aliphatic carbocycles. The van der Waals surface area contributed by atoms with Crippen LogP contribution in [-0.4, -0.2) is 36.1 Å². The lowest BCUT2D eigenvalue weighted by Gasteiger charge is -2.19. The highest BCUT2D eigenvalue weighted by molar-refractivity contribution is 9.09. The minimum absolute atomic E-state index is 0.416. The highest BCUT2D eigenvalue weighted by atomic mass is 79.9. The number of ether oxygens (including phenoxy) is 1. The lowest BCUT2D eigenvalue weighted by Crippen LogP contribution is -2.29. The Hall–Kier alpha value is -0.130. The Labute approximate surface area is 89.9 Å². The van der Waals surface area contributed by atoms with Crippen LogP contribution in [0.25, 0.3) is 0 Å². The monoisotopic (exact) mass is 262 g/mol. The fraction of sp³-hybridized carbons (Fsp3) is 0.625. The number of thiazole rings is 1. The summed E-state index contributed by atoms with van der Waals surface area (Å²) in [4.78, 5) is 6.96. The molecule has 2 rings (SSSR count). The smallest absolute Gasteiger partial charge is 0.185 e. The van der Waals surface area contributed by atoms with Crippen LogP contribution in [-0.2, 0) is 4.74 Å². The third-order valence-corrected chi connectivity index (χ3v) is 3.30. The van der Waals surface area contributed by atoms with Crippen LogP contribution in [0.4, 0.5) is 5.13 Å². The van der Waals surface area contributed by atoms with Crippen molar-refractivity contribution in [2.45, 2.75) is 4.83 Å². The summed E-state index contributed by atoms with van der Waals surface area (Å²) >= 11 is 5.25. The van der Waals surface area contributed by atoms with Crippen LogP contribution < -0.4 is 4.90 Å². The van der Waals surface area contributed by atoms with Gasteiger partial charge in [0.1, 0.15) is 0 Å². The van der Waals surface area contributed by atoms with Crippen LogP contribution in [0.1, 0.15) is 0 Å². The van der Waals surface area contributed by atoms with Gasteiger partial charge in [0.15, 0.2) is 5.13 Å². The lowest BCUT2D eigenvalue weighted by atomic mass is 10.4. The molecule has 3 nitrogen and oxygen atoms in total. The van der Waals surface area contributed by atoms with Gasteiger partial charge in [-0.15, -0.1) is 11.3 Å². The van der Waals surface area contributed by atoms with Crippen molar-refractivity contribution in [3.05, 3.63) is 11.6 Å². The normalized spacial score (nSPS) is 24.4. The van der Waals surface area contributed by atoms with Crippen molar-refractivity contribution in [3.8, 4) is 0 Å². The first-order chi connectivity index (χ1) is 6.36. The summed E-state index contributed by atoms with van der Waals surface area (Å²) in [5.41, 5.74) is 0. The van der Waals surface area contributed by atoms with Crippen LogP contribution in [0.2, 0.25) is 0 Å². The SMILES string of the molecule is BrC1COCCN(c2nccs2)C1. The Morgan fingerprint density at radius 3 is 3.38 bits per heavy atom. The second kappa shape index (κ2) is 4.39. The zero-order valence-electron chi connectivity index (χ0n) is 7.15. The molecule has 1 aromatic heterocycles. The van der Waals surface area contributed by atoms with E-state index < -0.39 is 0 Å². The summed E-state index contributed by atoms with van der Waals surface area (Å²) in [7, 11) is 0. The standard InChI is InChI=1S/C8H11BrN2OS/c9-7-5-11(2-3-12-6-7)8-10-1-4-13-8/h1,4,7H,2-3,5-6H2. The third kappa shape index (κ3) is 2.42. The molecule has 1 aliphatic rings. The fourth-order valence-corrected chi connectivity index (χ4v) is 2.53. The molecule has 0 N–H and O–H groups in total. The van der Waals surface area contributed by atoms with Gasteiger partial charge in [0.05, 0.1) is 18.0 Å². The van der Waals surface area contributed by atoms with Gasteiger partial charge in [0, 0.05) is 24.7 Å². The number of hydrogen-bond donors (Lipinski definition) is 0. The van der Waals surface area contributed by atoms with E-state index in [9.17, 15) is 0 Å². The molecule has 5 heteroatoms. The molecule has 0 amide bonds. The Balaban J connectivity index is 2.05. The highest BCUT2D eigenvalue weighted by Gasteiger charge is 2.17. The molecular weight excluding hydrogens is 252 g/mol. The first kappa shape index (κ1) is 9.43. The number of hydrogen-bond acceptors (Lipinski definition) is 4. The molecular formula is C8H11BrN2OS. The van der Waals surface area contributed by atoms with Crippen LogP contribution in [0.3, 0.4) is 0 Å². The first-order valence-corrected chi connectivity index (χ1v) is 6.02. The number of nitrogens with zero attached hydrogens (tertiary/aromatic N) is 2. The molecule has 1 aliphatic heterocycles. The van der Waals surface area contributed by atoms with E-state index in [0.29, 0.717) is 4.83 Å². The zero-order chi connectivity index (χ0) is 9.10. The minimum Gasteiger partial charge on any atom is -0.378 e. The summed E-state index contributed by atoms with van der Waals surface area (Å²) < 4.78 is 5.42. The van der Waals surface area contributed by atoms with E-state index in [1.807, 2.05) is 11.6 Å². The van der Waals surface area contributed by atoms with Gasteiger partial charge in [0.2, 0.25) is 0 Å². The number of alkyl halides is 1. The van der Waals surface area contributed by atoms with Gasteiger partial charge in [-0.2, -0.15) is 0 Å². The Morgan fingerprint density at radius 1 is 1.69 bits per heavy atom.